The normalized spacial score (nSPS) is 21.1. The Balaban J connectivity index is 1.86. The summed E-state index contributed by atoms with van der Waals surface area (Å²) in [6, 6.07) is 0. The first-order valence-electron chi connectivity index (χ1n) is 6.10. The Bertz CT molecular complexity index is 492. The second kappa shape index (κ2) is 4.09. The first-order valence-corrected chi connectivity index (χ1v) is 6.48. The highest BCUT2D eigenvalue weighted by Gasteiger charge is 2.45. The van der Waals surface area contributed by atoms with Gasteiger partial charge >= 0.3 is 5.97 Å². The quantitative estimate of drug-likeness (QED) is 0.890. The van der Waals surface area contributed by atoms with Gasteiger partial charge in [-0.15, -0.1) is 0 Å². The van der Waals surface area contributed by atoms with Gasteiger partial charge in [-0.05, 0) is 31.1 Å². The zero-order valence-electron chi connectivity index (χ0n) is 9.90. The van der Waals surface area contributed by atoms with Gasteiger partial charge in [-0.1, -0.05) is 11.6 Å². The van der Waals surface area contributed by atoms with Crippen LogP contribution in [0.5, 0.6) is 0 Å². The molecule has 1 saturated carbocycles. The van der Waals surface area contributed by atoms with Gasteiger partial charge < -0.3 is 10.0 Å². The zero-order valence-corrected chi connectivity index (χ0v) is 10.7. The molecule has 1 aliphatic carbocycles. The molecule has 1 spiro atoms. The standard InChI is InChI=1S/C12H14ClN3O2/c13-8-7-14-9(11(17)18)10(15-8)16-5-3-12(1-2-12)4-6-16/h7H,1-6H2,(H,17,18). The molecule has 96 valence electrons. The molecular formula is C12H14ClN3O2. The van der Waals surface area contributed by atoms with Gasteiger partial charge in [0, 0.05) is 13.1 Å². The third kappa shape index (κ3) is 2.03. The summed E-state index contributed by atoms with van der Waals surface area (Å²) in [5, 5.41) is 9.37. The maximum absolute atomic E-state index is 11.1. The van der Waals surface area contributed by atoms with Crippen LogP contribution in [0.25, 0.3) is 0 Å². The Morgan fingerprint density at radius 3 is 2.56 bits per heavy atom. The number of aromatic nitrogens is 2. The number of carboxylic acid groups (broad SMARTS) is 1. The average Bonchev–Trinajstić information content (AvgIpc) is 3.09. The number of piperidine rings is 1. The molecule has 1 N–H and O–H groups in total. The van der Waals surface area contributed by atoms with Crippen molar-refractivity contribution in [1.82, 2.24) is 9.97 Å². The molecule has 6 heteroatoms. The summed E-state index contributed by atoms with van der Waals surface area (Å²) in [5.74, 6) is -0.647. The molecule has 5 nitrogen and oxygen atoms in total. The molecular weight excluding hydrogens is 254 g/mol. The van der Waals surface area contributed by atoms with Crippen molar-refractivity contribution in [2.45, 2.75) is 25.7 Å². The summed E-state index contributed by atoms with van der Waals surface area (Å²) in [5.41, 5.74) is 0.539. The average molecular weight is 268 g/mol. The lowest BCUT2D eigenvalue weighted by atomic mass is 9.94. The van der Waals surface area contributed by atoms with Crippen LogP contribution in [0, 0.1) is 5.41 Å². The minimum atomic E-state index is -1.05. The number of hydrogen-bond donors (Lipinski definition) is 1. The van der Waals surface area contributed by atoms with Gasteiger partial charge in [0.15, 0.2) is 11.5 Å². The molecule has 0 amide bonds. The van der Waals surface area contributed by atoms with Crippen LogP contribution >= 0.6 is 11.6 Å². The number of aromatic carboxylic acids is 1. The highest BCUT2D eigenvalue weighted by molar-refractivity contribution is 6.29. The van der Waals surface area contributed by atoms with Crippen LogP contribution in [0.2, 0.25) is 5.15 Å². The lowest BCUT2D eigenvalue weighted by molar-refractivity contribution is 0.0690. The minimum absolute atomic E-state index is 0.00820. The molecule has 0 atom stereocenters. The Morgan fingerprint density at radius 1 is 1.33 bits per heavy atom. The Hall–Kier alpha value is -1.36. The van der Waals surface area contributed by atoms with Crippen molar-refractivity contribution in [3.05, 3.63) is 17.0 Å². The Kier molecular flexibility index (Phi) is 2.66. The van der Waals surface area contributed by atoms with E-state index in [0.717, 1.165) is 25.9 Å². The third-order valence-corrected chi connectivity index (χ3v) is 4.19. The van der Waals surface area contributed by atoms with Crippen LogP contribution in [-0.2, 0) is 0 Å². The van der Waals surface area contributed by atoms with Gasteiger partial charge in [-0.2, -0.15) is 0 Å². The highest BCUT2D eigenvalue weighted by Crippen LogP contribution is 2.53. The van der Waals surface area contributed by atoms with Crippen LogP contribution in [0.1, 0.15) is 36.2 Å². The summed E-state index contributed by atoms with van der Waals surface area (Å²) < 4.78 is 0. The van der Waals surface area contributed by atoms with Gasteiger partial charge in [0.2, 0.25) is 0 Å². The number of hydrogen-bond acceptors (Lipinski definition) is 4. The molecule has 2 heterocycles. The summed E-state index contributed by atoms with van der Waals surface area (Å²) >= 11 is 5.82. The Labute approximate surface area is 110 Å². The fraction of sp³-hybridized carbons (Fsp3) is 0.583. The van der Waals surface area contributed by atoms with Crippen molar-refractivity contribution < 1.29 is 9.90 Å². The van der Waals surface area contributed by atoms with Crippen LogP contribution in [0.15, 0.2) is 6.20 Å². The summed E-state index contributed by atoms with van der Waals surface area (Å²) in [4.78, 5) is 21.1. The van der Waals surface area contributed by atoms with E-state index >= 15 is 0 Å². The topological polar surface area (TPSA) is 66.3 Å². The lowest BCUT2D eigenvalue weighted by Crippen LogP contribution is -2.36. The lowest BCUT2D eigenvalue weighted by Gasteiger charge is -2.33. The van der Waals surface area contributed by atoms with Crippen molar-refractivity contribution in [3.8, 4) is 0 Å². The van der Waals surface area contributed by atoms with E-state index in [2.05, 4.69) is 9.97 Å². The van der Waals surface area contributed by atoms with Gasteiger partial charge in [0.1, 0.15) is 5.15 Å². The van der Waals surface area contributed by atoms with Gasteiger partial charge in [0.25, 0.3) is 0 Å². The first-order chi connectivity index (χ1) is 8.60. The van der Waals surface area contributed by atoms with Crippen molar-refractivity contribution in [2.75, 3.05) is 18.0 Å². The molecule has 1 saturated heterocycles. The van der Waals surface area contributed by atoms with Crippen LogP contribution in [0.3, 0.4) is 0 Å². The molecule has 2 aliphatic rings. The third-order valence-electron chi connectivity index (χ3n) is 4.01. The van der Waals surface area contributed by atoms with Gasteiger partial charge in [-0.25, -0.2) is 14.8 Å². The van der Waals surface area contributed by atoms with Crippen molar-refractivity contribution in [1.29, 1.82) is 0 Å². The van der Waals surface area contributed by atoms with E-state index in [0.29, 0.717) is 11.2 Å². The van der Waals surface area contributed by atoms with E-state index in [-0.39, 0.29) is 10.8 Å². The SMILES string of the molecule is O=C(O)c1ncc(Cl)nc1N1CCC2(CC1)CC2. The molecule has 1 aliphatic heterocycles. The largest absolute Gasteiger partial charge is 0.476 e. The van der Waals surface area contributed by atoms with Crippen molar-refractivity contribution in [3.63, 3.8) is 0 Å². The van der Waals surface area contributed by atoms with Crippen LogP contribution in [0.4, 0.5) is 5.82 Å². The molecule has 3 rings (SSSR count). The van der Waals surface area contributed by atoms with E-state index < -0.39 is 5.97 Å². The van der Waals surface area contributed by atoms with Gasteiger partial charge in [-0.3, -0.25) is 0 Å². The molecule has 18 heavy (non-hydrogen) atoms. The number of halogens is 1. The van der Waals surface area contributed by atoms with E-state index in [9.17, 15) is 4.79 Å². The molecule has 2 fully saturated rings. The number of anilines is 1. The van der Waals surface area contributed by atoms with Crippen molar-refractivity contribution >= 4 is 23.4 Å². The number of carboxylic acids is 1. The molecule has 0 bridgehead atoms. The Morgan fingerprint density at radius 2 is 2.00 bits per heavy atom. The summed E-state index contributed by atoms with van der Waals surface area (Å²) in [6.45, 7) is 1.69. The molecule has 1 aromatic rings. The minimum Gasteiger partial charge on any atom is -0.476 e. The number of rotatable bonds is 2. The van der Waals surface area contributed by atoms with Crippen LogP contribution < -0.4 is 4.90 Å². The smallest absolute Gasteiger partial charge is 0.358 e. The van der Waals surface area contributed by atoms with E-state index in [1.54, 1.807) is 0 Å². The molecule has 0 radical (unpaired) electrons. The predicted molar refractivity (Wildman–Crippen MR) is 67.1 cm³/mol. The fourth-order valence-corrected chi connectivity index (χ4v) is 2.73. The second-order valence-corrected chi connectivity index (χ2v) is 5.54. The summed E-state index contributed by atoms with van der Waals surface area (Å²) in [7, 11) is 0. The highest BCUT2D eigenvalue weighted by atomic mass is 35.5. The van der Waals surface area contributed by atoms with E-state index in [1.807, 2.05) is 4.90 Å². The number of nitrogens with zero attached hydrogens (tertiary/aromatic N) is 3. The van der Waals surface area contributed by atoms with Gasteiger partial charge in [0.05, 0.1) is 6.20 Å². The van der Waals surface area contributed by atoms with E-state index in [4.69, 9.17) is 16.7 Å². The molecule has 0 unspecified atom stereocenters. The maximum atomic E-state index is 11.1. The molecule has 0 aromatic carbocycles. The maximum Gasteiger partial charge on any atom is 0.358 e. The van der Waals surface area contributed by atoms with E-state index in [1.165, 1.54) is 19.0 Å². The fourth-order valence-electron chi connectivity index (χ4n) is 2.60. The zero-order chi connectivity index (χ0) is 12.8. The predicted octanol–water partition coefficient (Wildman–Crippen LogP) is 2.21. The summed E-state index contributed by atoms with van der Waals surface area (Å²) in [6.07, 6.45) is 6.13. The van der Waals surface area contributed by atoms with Crippen molar-refractivity contribution in [2.24, 2.45) is 5.41 Å². The monoisotopic (exact) mass is 267 g/mol. The van der Waals surface area contributed by atoms with Crippen LogP contribution in [-0.4, -0.2) is 34.1 Å². The number of carbonyl (C=O) groups is 1. The first kappa shape index (κ1) is 11.7. The molecule has 1 aromatic heterocycles. The second-order valence-electron chi connectivity index (χ2n) is 5.16.